The summed E-state index contributed by atoms with van der Waals surface area (Å²) in [6.07, 6.45) is 2.25. The van der Waals surface area contributed by atoms with Gasteiger partial charge in [0.25, 0.3) is 5.91 Å². The Morgan fingerprint density at radius 1 is 1.11 bits per heavy atom. The quantitative estimate of drug-likeness (QED) is 0.775. The fourth-order valence-electron chi connectivity index (χ4n) is 2.93. The van der Waals surface area contributed by atoms with E-state index in [1.807, 2.05) is 0 Å². The Morgan fingerprint density at radius 3 is 2.32 bits per heavy atom. The molecule has 6 nitrogen and oxygen atoms in total. The number of likely N-dealkylation sites (N-methyl/N-ethyl adjacent to an activating group) is 1. The minimum absolute atomic E-state index is 0.172. The molecule has 108 valence electrons. The Labute approximate surface area is 112 Å². The molecule has 0 aromatic heterocycles. The Hall–Kier alpha value is -1.14. The second-order valence-electron chi connectivity index (χ2n) is 5.40. The van der Waals surface area contributed by atoms with Crippen LogP contribution in [0.4, 0.5) is 0 Å². The first-order chi connectivity index (χ1) is 9.00. The molecular formula is C13H21NO5. The highest BCUT2D eigenvalue weighted by Crippen LogP contribution is 2.26. The molecule has 0 bridgehead atoms. The summed E-state index contributed by atoms with van der Waals surface area (Å²) in [6.45, 7) is 0. The van der Waals surface area contributed by atoms with E-state index in [1.165, 1.54) is 0 Å². The number of amides is 1. The van der Waals surface area contributed by atoms with E-state index in [4.69, 9.17) is 9.84 Å². The van der Waals surface area contributed by atoms with Gasteiger partial charge in [0.1, 0.15) is 6.10 Å². The number of aliphatic carboxylic acids is 1. The van der Waals surface area contributed by atoms with Crippen molar-refractivity contribution >= 4 is 11.9 Å². The molecular weight excluding hydrogens is 250 g/mol. The molecule has 2 N–H and O–H groups in total. The van der Waals surface area contributed by atoms with E-state index in [1.54, 1.807) is 11.9 Å². The molecule has 1 amide bonds. The van der Waals surface area contributed by atoms with Crippen molar-refractivity contribution in [3.05, 3.63) is 0 Å². The van der Waals surface area contributed by atoms with Crippen molar-refractivity contribution in [3.8, 4) is 0 Å². The molecule has 0 spiro atoms. The standard InChI is InChI=1S/C13H21NO5/c1-14(8-4-2-3-5-9(8)15)12(16)10-6-7-11(19-10)13(17)18/h8-11,15H,2-7H2,1H3,(H,17,18). The molecule has 0 aromatic rings. The predicted molar refractivity (Wildman–Crippen MR) is 66.6 cm³/mol. The summed E-state index contributed by atoms with van der Waals surface area (Å²) in [5.74, 6) is -1.23. The number of nitrogens with zero attached hydrogens (tertiary/aromatic N) is 1. The Balaban J connectivity index is 1.94. The van der Waals surface area contributed by atoms with Gasteiger partial charge in [0.15, 0.2) is 6.10 Å². The highest BCUT2D eigenvalue weighted by Gasteiger charge is 2.39. The van der Waals surface area contributed by atoms with Crippen LogP contribution >= 0.6 is 0 Å². The van der Waals surface area contributed by atoms with Crippen molar-refractivity contribution in [1.82, 2.24) is 4.90 Å². The maximum Gasteiger partial charge on any atom is 0.332 e. The average Bonchev–Trinajstić information content (AvgIpc) is 2.87. The van der Waals surface area contributed by atoms with E-state index < -0.39 is 24.3 Å². The zero-order chi connectivity index (χ0) is 14.0. The van der Waals surface area contributed by atoms with Gasteiger partial charge in [-0.15, -0.1) is 0 Å². The van der Waals surface area contributed by atoms with Gasteiger partial charge in [0, 0.05) is 7.05 Å². The fourth-order valence-corrected chi connectivity index (χ4v) is 2.93. The molecule has 0 aromatic carbocycles. The highest BCUT2D eigenvalue weighted by atomic mass is 16.5. The molecule has 19 heavy (non-hydrogen) atoms. The van der Waals surface area contributed by atoms with Crippen LogP contribution in [0, 0.1) is 0 Å². The number of carbonyl (C=O) groups excluding carboxylic acids is 1. The Bertz CT molecular complexity index is 359. The molecule has 2 rings (SSSR count). The van der Waals surface area contributed by atoms with Crippen molar-refractivity contribution in [2.24, 2.45) is 0 Å². The average molecular weight is 271 g/mol. The first kappa shape index (κ1) is 14.3. The summed E-state index contributed by atoms with van der Waals surface area (Å²) in [7, 11) is 1.67. The lowest BCUT2D eigenvalue weighted by molar-refractivity contribution is -0.156. The van der Waals surface area contributed by atoms with Gasteiger partial charge in [-0.2, -0.15) is 0 Å². The molecule has 1 heterocycles. The number of aliphatic hydroxyl groups excluding tert-OH is 1. The SMILES string of the molecule is CN(C(=O)C1CCC(C(=O)O)O1)C1CCCCC1O. The maximum absolute atomic E-state index is 12.3. The largest absolute Gasteiger partial charge is 0.479 e. The third kappa shape index (κ3) is 3.06. The van der Waals surface area contributed by atoms with Crippen LogP contribution in [0.5, 0.6) is 0 Å². The van der Waals surface area contributed by atoms with E-state index >= 15 is 0 Å². The minimum atomic E-state index is -1.02. The predicted octanol–water partition coefficient (Wildman–Crippen LogP) is 0.380. The third-order valence-electron chi connectivity index (χ3n) is 4.11. The summed E-state index contributed by atoms with van der Waals surface area (Å²) in [5, 5.41) is 18.8. The van der Waals surface area contributed by atoms with Gasteiger partial charge in [-0.3, -0.25) is 4.79 Å². The normalized spacial score (nSPS) is 35.1. The highest BCUT2D eigenvalue weighted by molar-refractivity contribution is 5.82. The van der Waals surface area contributed by atoms with Gasteiger partial charge < -0.3 is 19.8 Å². The molecule has 4 unspecified atom stereocenters. The second-order valence-corrected chi connectivity index (χ2v) is 5.40. The number of carboxylic acids is 1. The first-order valence-corrected chi connectivity index (χ1v) is 6.83. The van der Waals surface area contributed by atoms with Crippen LogP contribution in [0.15, 0.2) is 0 Å². The van der Waals surface area contributed by atoms with Crippen molar-refractivity contribution in [1.29, 1.82) is 0 Å². The van der Waals surface area contributed by atoms with E-state index in [0.717, 1.165) is 19.3 Å². The number of aliphatic hydroxyl groups is 1. The smallest absolute Gasteiger partial charge is 0.332 e. The van der Waals surface area contributed by atoms with Gasteiger partial charge in [-0.25, -0.2) is 4.79 Å². The molecule has 6 heteroatoms. The number of hydrogen-bond acceptors (Lipinski definition) is 4. The van der Waals surface area contributed by atoms with Gasteiger partial charge in [-0.1, -0.05) is 12.8 Å². The number of ether oxygens (including phenoxy) is 1. The number of carboxylic acid groups (broad SMARTS) is 1. The summed E-state index contributed by atoms with van der Waals surface area (Å²) >= 11 is 0. The van der Waals surface area contributed by atoms with Crippen molar-refractivity contribution in [2.75, 3.05) is 7.05 Å². The lowest BCUT2D eigenvalue weighted by atomic mass is 9.91. The van der Waals surface area contributed by atoms with E-state index in [2.05, 4.69) is 0 Å². The van der Waals surface area contributed by atoms with Crippen LogP contribution in [0.3, 0.4) is 0 Å². The van der Waals surface area contributed by atoms with Crippen molar-refractivity contribution in [2.45, 2.75) is 62.9 Å². The first-order valence-electron chi connectivity index (χ1n) is 6.83. The maximum atomic E-state index is 12.3. The van der Waals surface area contributed by atoms with Crippen molar-refractivity contribution in [3.63, 3.8) is 0 Å². The monoisotopic (exact) mass is 271 g/mol. The number of hydrogen-bond donors (Lipinski definition) is 2. The van der Waals surface area contributed by atoms with Crippen LogP contribution in [-0.4, -0.2) is 58.4 Å². The molecule has 1 saturated carbocycles. The number of rotatable bonds is 3. The summed E-state index contributed by atoms with van der Waals surface area (Å²) < 4.78 is 5.26. The van der Waals surface area contributed by atoms with Gasteiger partial charge >= 0.3 is 5.97 Å². The van der Waals surface area contributed by atoms with E-state index in [0.29, 0.717) is 19.3 Å². The van der Waals surface area contributed by atoms with Crippen LogP contribution in [-0.2, 0) is 14.3 Å². The molecule has 1 saturated heterocycles. The molecule has 0 radical (unpaired) electrons. The Kier molecular flexibility index (Phi) is 4.42. The van der Waals surface area contributed by atoms with E-state index in [-0.39, 0.29) is 11.9 Å². The summed E-state index contributed by atoms with van der Waals surface area (Å²) in [5.41, 5.74) is 0. The second kappa shape index (κ2) is 5.88. The van der Waals surface area contributed by atoms with Crippen LogP contribution in [0.2, 0.25) is 0 Å². The fraction of sp³-hybridized carbons (Fsp3) is 0.846. The molecule has 2 fully saturated rings. The van der Waals surface area contributed by atoms with E-state index in [9.17, 15) is 14.7 Å². The summed E-state index contributed by atoms with van der Waals surface area (Å²) in [4.78, 5) is 24.6. The van der Waals surface area contributed by atoms with Gasteiger partial charge in [-0.05, 0) is 25.7 Å². The van der Waals surface area contributed by atoms with Crippen LogP contribution in [0.25, 0.3) is 0 Å². The van der Waals surface area contributed by atoms with Crippen molar-refractivity contribution < 1.29 is 24.5 Å². The summed E-state index contributed by atoms with van der Waals surface area (Å²) in [6, 6.07) is -0.172. The van der Waals surface area contributed by atoms with Crippen LogP contribution in [0.1, 0.15) is 38.5 Å². The third-order valence-corrected chi connectivity index (χ3v) is 4.11. The lowest BCUT2D eigenvalue weighted by Gasteiger charge is -2.36. The van der Waals surface area contributed by atoms with Gasteiger partial charge in [0.2, 0.25) is 0 Å². The van der Waals surface area contributed by atoms with Crippen LogP contribution < -0.4 is 0 Å². The topological polar surface area (TPSA) is 87.1 Å². The molecule has 1 aliphatic carbocycles. The molecule has 1 aliphatic heterocycles. The minimum Gasteiger partial charge on any atom is -0.479 e. The lowest BCUT2D eigenvalue weighted by Crippen LogP contribution is -2.49. The molecule has 4 atom stereocenters. The zero-order valence-corrected chi connectivity index (χ0v) is 11.1. The Morgan fingerprint density at radius 2 is 1.74 bits per heavy atom. The molecule has 2 aliphatic rings. The zero-order valence-electron chi connectivity index (χ0n) is 11.1. The number of carbonyl (C=O) groups is 2. The van der Waals surface area contributed by atoms with Gasteiger partial charge in [0.05, 0.1) is 12.1 Å².